The Morgan fingerprint density at radius 1 is 1.78 bits per heavy atom. The summed E-state index contributed by atoms with van der Waals surface area (Å²) in [6.07, 6.45) is 0. The van der Waals surface area contributed by atoms with E-state index >= 15 is 0 Å². The Labute approximate surface area is 57.5 Å². The molecule has 0 aliphatic carbocycles. The van der Waals surface area contributed by atoms with E-state index in [2.05, 4.69) is 5.73 Å². The molecule has 0 aromatic carbocycles. The number of nitrogens with two attached hydrogens (primary N) is 1. The van der Waals surface area contributed by atoms with Gasteiger partial charge in [-0.2, -0.15) is 0 Å². The van der Waals surface area contributed by atoms with Crippen LogP contribution in [0.4, 0.5) is 0 Å². The molecule has 0 aliphatic rings. The fraction of sp³-hybridized carbons (Fsp3) is 0.500. The normalized spacial score (nSPS) is 18.3. The van der Waals surface area contributed by atoms with Crippen LogP contribution < -0.4 is 11.1 Å². The summed E-state index contributed by atoms with van der Waals surface area (Å²) < 4.78 is 26.7. The van der Waals surface area contributed by atoms with E-state index in [0.717, 1.165) is 0 Å². The van der Waals surface area contributed by atoms with E-state index in [1.54, 1.807) is 0 Å². The van der Waals surface area contributed by atoms with Crippen molar-refractivity contribution in [1.82, 2.24) is 5.32 Å². The Morgan fingerprint density at radius 3 is 2.67 bits per heavy atom. The first-order valence-electron chi connectivity index (χ1n) is 3.92. The standard InChI is InChI=1S/C4H8N2O3/c5-1-3(7)6-2-4(8)9/h1-2,5H2,(H,6,7)(H,8,9)/i1D2,2D2. The van der Waals surface area contributed by atoms with E-state index in [4.69, 9.17) is 10.6 Å². The third-order valence-corrected chi connectivity index (χ3v) is 0.414. The number of carboxylic acid groups (broad SMARTS) is 1. The van der Waals surface area contributed by atoms with Gasteiger partial charge in [-0.05, 0) is 0 Å². The van der Waals surface area contributed by atoms with Crippen LogP contribution in [0.1, 0.15) is 5.48 Å². The molecule has 0 fully saturated rings. The molecule has 0 saturated carbocycles. The molecule has 52 valence electrons. The van der Waals surface area contributed by atoms with Crippen LogP contribution in [0, 0.1) is 0 Å². The number of nitrogens with one attached hydrogen (secondary N) is 1. The minimum absolute atomic E-state index is 1.29. The molecule has 0 aromatic rings. The van der Waals surface area contributed by atoms with E-state index in [-0.39, 0.29) is 0 Å². The van der Waals surface area contributed by atoms with Crippen LogP contribution in [0.25, 0.3) is 0 Å². The SMILES string of the molecule is [2H]C([2H])(N)C(=O)NC([2H])([2H])C(=O)O. The third kappa shape index (κ3) is 4.76. The van der Waals surface area contributed by atoms with E-state index in [0.29, 0.717) is 0 Å². The summed E-state index contributed by atoms with van der Waals surface area (Å²) in [7, 11) is 0. The van der Waals surface area contributed by atoms with Crippen molar-refractivity contribution < 1.29 is 20.2 Å². The number of carbonyl (C=O) groups is 2. The van der Waals surface area contributed by atoms with Crippen LogP contribution in [0.15, 0.2) is 0 Å². The molecule has 0 radical (unpaired) electrons. The maximum Gasteiger partial charge on any atom is 0.322 e. The summed E-state index contributed by atoms with van der Waals surface area (Å²) in [6.45, 7) is -5.83. The van der Waals surface area contributed by atoms with Gasteiger partial charge in [0.2, 0.25) is 5.91 Å². The third-order valence-electron chi connectivity index (χ3n) is 0.414. The number of hydrogen-bond donors (Lipinski definition) is 3. The molecule has 0 unspecified atom stereocenters. The first-order chi connectivity index (χ1) is 5.57. The molecular weight excluding hydrogens is 124 g/mol. The number of rotatable bonds is 3. The first kappa shape index (κ1) is 3.17. The lowest BCUT2D eigenvalue weighted by Crippen LogP contribution is -2.34. The smallest absolute Gasteiger partial charge is 0.322 e. The lowest BCUT2D eigenvalue weighted by Gasteiger charge is -1.95. The first-order valence-corrected chi connectivity index (χ1v) is 1.92. The van der Waals surface area contributed by atoms with Gasteiger partial charge in [-0.3, -0.25) is 9.59 Å². The predicted molar refractivity (Wildman–Crippen MR) is 29.7 cm³/mol. The minimum atomic E-state index is -3.02. The Kier molecular flexibility index (Phi) is 1.35. The lowest BCUT2D eigenvalue weighted by atomic mass is 10.5. The second kappa shape index (κ2) is 3.85. The second-order valence-corrected chi connectivity index (χ2v) is 1.03. The Bertz CT molecular complexity index is 236. The zero-order valence-electron chi connectivity index (χ0n) is 8.34. The fourth-order valence-corrected chi connectivity index (χ4v) is 0.146. The predicted octanol–water partition coefficient (Wildman–Crippen LogP) is -1.85. The molecule has 5 heteroatoms. The van der Waals surface area contributed by atoms with Crippen LogP contribution in [0.3, 0.4) is 0 Å². The van der Waals surface area contributed by atoms with Gasteiger partial charge in [-0.1, -0.05) is 0 Å². The minimum Gasteiger partial charge on any atom is -0.480 e. The van der Waals surface area contributed by atoms with Crippen molar-refractivity contribution in [3.63, 3.8) is 0 Å². The van der Waals surface area contributed by atoms with Gasteiger partial charge >= 0.3 is 5.97 Å². The molecule has 0 heterocycles. The van der Waals surface area contributed by atoms with Crippen molar-refractivity contribution >= 4 is 11.9 Å². The van der Waals surface area contributed by atoms with Crippen molar-refractivity contribution in [2.75, 3.05) is 13.0 Å². The van der Waals surface area contributed by atoms with Crippen molar-refractivity contribution in [1.29, 1.82) is 0 Å². The number of aliphatic carboxylic acids is 1. The van der Waals surface area contributed by atoms with Crippen molar-refractivity contribution in [3.05, 3.63) is 0 Å². The summed E-state index contributed by atoms with van der Waals surface area (Å²) in [5.41, 5.74) is 4.65. The number of carbonyl (C=O) groups excluding carboxylic acids is 1. The summed E-state index contributed by atoms with van der Waals surface area (Å²) in [5, 5.41) is 9.49. The molecular formula is C4H8N2O3. The topological polar surface area (TPSA) is 92.4 Å². The number of hydrogen-bond acceptors (Lipinski definition) is 3. The molecule has 0 aromatic heterocycles. The fourth-order valence-electron chi connectivity index (χ4n) is 0.146. The lowest BCUT2D eigenvalue weighted by molar-refractivity contribution is -0.137. The highest BCUT2D eigenvalue weighted by atomic mass is 16.4. The van der Waals surface area contributed by atoms with Gasteiger partial charge in [-0.15, -0.1) is 0 Å². The second-order valence-electron chi connectivity index (χ2n) is 1.03. The van der Waals surface area contributed by atoms with Crippen molar-refractivity contribution in [2.24, 2.45) is 5.73 Å². The molecule has 0 spiro atoms. The van der Waals surface area contributed by atoms with E-state index < -0.39 is 24.9 Å². The maximum atomic E-state index is 10.7. The molecule has 0 aliphatic heterocycles. The van der Waals surface area contributed by atoms with Gasteiger partial charge in [0.05, 0.1) is 12.0 Å². The largest absolute Gasteiger partial charge is 0.480 e. The zero-order chi connectivity index (χ0) is 10.9. The highest BCUT2D eigenvalue weighted by Gasteiger charge is 1.98. The molecule has 0 saturated heterocycles. The van der Waals surface area contributed by atoms with Gasteiger partial charge in [0, 0.05) is 0 Å². The van der Waals surface area contributed by atoms with Crippen LogP contribution in [0.5, 0.6) is 0 Å². The van der Waals surface area contributed by atoms with E-state index in [1.165, 1.54) is 5.32 Å². The highest BCUT2D eigenvalue weighted by molar-refractivity contribution is 5.82. The molecule has 0 rings (SSSR count). The number of amides is 1. The van der Waals surface area contributed by atoms with E-state index in [9.17, 15) is 9.59 Å². The van der Waals surface area contributed by atoms with Crippen LogP contribution in [-0.2, 0) is 9.59 Å². The Hall–Kier alpha value is -1.10. The molecule has 4 N–H and O–H groups in total. The Balaban J connectivity index is 4.47. The van der Waals surface area contributed by atoms with Gasteiger partial charge < -0.3 is 16.2 Å². The summed E-state index contributed by atoms with van der Waals surface area (Å²) in [4.78, 5) is 20.8. The van der Waals surface area contributed by atoms with Gasteiger partial charge in [0.15, 0.2) is 0 Å². The maximum absolute atomic E-state index is 10.7. The average molecular weight is 136 g/mol. The molecule has 5 nitrogen and oxygen atoms in total. The average Bonchev–Trinajstić information content (AvgIpc) is 1.83. The quantitative estimate of drug-likeness (QED) is 0.424. The number of carboxylic acids is 1. The van der Waals surface area contributed by atoms with Crippen molar-refractivity contribution in [3.8, 4) is 0 Å². The van der Waals surface area contributed by atoms with Crippen molar-refractivity contribution in [2.45, 2.75) is 0 Å². The zero-order valence-corrected chi connectivity index (χ0v) is 4.34. The highest BCUT2D eigenvalue weighted by Crippen LogP contribution is 1.60. The molecule has 1 amide bonds. The summed E-state index contributed by atoms with van der Waals surface area (Å²) >= 11 is 0. The summed E-state index contributed by atoms with van der Waals surface area (Å²) in [5.74, 6) is -3.45. The van der Waals surface area contributed by atoms with Crippen LogP contribution in [0.2, 0.25) is 0 Å². The van der Waals surface area contributed by atoms with Crippen LogP contribution >= 0.6 is 0 Å². The Morgan fingerprint density at radius 2 is 2.33 bits per heavy atom. The van der Waals surface area contributed by atoms with Gasteiger partial charge in [-0.25, -0.2) is 0 Å². The molecule has 0 atom stereocenters. The molecule has 0 bridgehead atoms. The van der Waals surface area contributed by atoms with E-state index in [1.807, 2.05) is 0 Å². The van der Waals surface area contributed by atoms with Gasteiger partial charge in [0.1, 0.15) is 6.50 Å². The molecule has 9 heavy (non-hydrogen) atoms. The van der Waals surface area contributed by atoms with Gasteiger partial charge in [0.25, 0.3) is 0 Å². The monoisotopic (exact) mass is 136 g/mol. The summed E-state index contributed by atoms with van der Waals surface area (Å²) in [6, 6.07) is 0. The van der Waals surface area contributed by atoms with Crippen LogP contribution in [-0.4, -0.2) is 30.0 Å².